The van der Waals surface area contributed by atoms with E-state index in [1.54, 1.807) is 6.07 Å². The number of rotatable bonds is 15. The lowest BCUT2D eigenvalue weighted by Gasteiger charge is -2.39. The van der Waals surface area contributed by atoms with Crippen LogP contribution in [0.5, 0.6) is 0 Å². The van der Waals surface area contributed by atoms with E-state index in [0.717, 1.165) is 67.6 Å². The number of carbonyl (C=O) groups is 1. The number of quaternary nitrogens is 1. The van der Waals surface area contributed by atoms with Gasteiger partial charge in [-0.2, -0.15) is 0 Å². The smallest absolute Gasteiger partial charge is 0.224 e. The molecule has 0 saturated heterocycles. The molecule has 0 unspecified atom stereocenters. The number of hydrogen-bond acceptors (Lipinski definition) is 5. The Kier molecular flexibility index (Phi) is 13.9. The van der Waals surface area contributed by atoms with Crippen LogP contribution in [-0.2, 0) is 14.6 Å². The van der Waals surface area contributed by atoms with Gasteiger partial charge in [0.1, 0.15) is 0 Å². The van der Waals surface area contributed by atoms with Crippen molar-refractivity contribution in [3.05, 3.63) is 53.6 Å². The second kappa shape index (κ2) is 16.2. The third kappa shape index (κ3) is 8.43. The summed E-state index contributed by atoms with van der Waals surface area (Å²) in [5, 5.41) is 15.3. The van der Waals surface area contributed by atoms with Gasteiger partial charge in [-0.15, -0.1) is 0 Å². The van der Waals surface area contributed by atoms with Crippen LogP contribution < -0.4 is 10.2 Å². The zero-order valence-corrected chi connectivity index (χ0v) is 28.5. The number of nitrogens with zero attached hydrogens (tertiary/aromatic N) is 2. The van der Waals surface area contributed by atoms with Gasteiger partial charge in [-0.3, -0.25) is 4.79 Å². The van der Waals surface area contributed by atoms with E-state index in [-0.39, 0.29) is 19.1 Å². The normalized spacial score (nSPS) is 21.1. The van der Waals surface area contributed by atoms with E-state index in [0.29, 0.717) is 35.4 Å². The molecule has 1 aliphatic rings. The summed E-state index contributed by atoms with van der Waals surface area (Å²) in [5.41, 5.74) is 2.20. The summed E-state index contributed by atoms with van der Waals surface area (Å²) in [4.78, 5) is 15.2. The van der Waals surface area contributed by atoms with E-state index in [1.165, 1.54) is 0 Å². The molecule has 0 aromatic heterocycles. The van der Waals surface area contributed by atoms with E-state index in [1.807, 2.05) is 62.3 Å². The fourth-order valence-corrected chi connectivity index (χ4v) is 9.17. The second-order valence-electron chi connectivity index (χ2n) is 12.8. The zero-order valence-electron chi connectivity index (χ0n) is 27.7. The summed E-state index contributed by atoms with van der Waals surface area (Å²) >= 11 is 0. The Morgan fingerprint density at radius 3 is 2.27 bits per heavy atom. The van der Waals surface area contributed by atoms with E-state index < -0.39 is 27.3 Å². The van der Waals surface area contributed by atoms with Crippen LogP contribution in [0, 0.1) is 5.41 Å². The molecule has 1 heterocycles. The first-order valence-corrected chi connectivity index (χ1v) is 18.0. The van der Waals surface area contributed by atoms with Gasteiger partial charge in [-0.05, 0) is 87.9 Å². The second-order valence-corrected chi connectivity index (χ2v) is 14.7. The van der Waals surface area contributed by atoms with Gasteiger partial charge in [0.2, 0.25) is 5.91 Å². The standard InChI is InChI=1S/C35H55N3O4S.CH4/c1-8-13-22-35(9-2)26-43(41,42)31-21-20-29(37(6)7)25-30(31)33(34(35)40)27-17-16-18-28(24-27)36-32(39)19-14-15-23-38(10-3,11-4)12-5;/h16-18,20-21,24-25,33-34,40H,8-15,19,22-23,26H2,1-7H3;1H4/p+1/t33-,34-,35-;/m1./s1. The van der Waals surface area contributed by atoms with Gasteiger partial charge in [0.25, 0.3) is 0 Å². The van der Waals surface area contributed by atoms with Crippen LogP contribution in [0.25, 0.3) is 0 Å². The van der Waals surface area contributed by atoms with Gasteiger partial charge < -0.3 is 19.8 Å². The molecule has 0 spiro atoms. The Labute approximate surface area is 268 Å². The van der Waals surface area contributed by atoms with Crippen LogP contribution >= 0.6 is 0 Å². The molecule has 0 radical (unpaired) electrons. The topological polar surface area (TPSA) is 86.7 Å². The molecular formula is C36H60N3O4S+. The summed E-state index contributed by atoms with van der Waals surface area (Å²) in [6.45, 7) is 15.2. The highest BCUT2D eigenvalue weighted by molar-refractivity contribution is 7.91. The fourth-order valence-electron chi connectivity index (χ4n) is 6.92. The number of hydrogen-bond donors (Lipinski definition) is 2. The average Bonchev–Trinajstić information content (AvgIpc) is 3.06. The molecule has 8 heteroatoms. The predicted octanol–water partition coefficient (Wildman–Crippen LogP) is 7.24. The monoisotopic (exact) mass is 630 g/mol. The molecule has 0 bridgehead atoms. The number of unbranched alkanes of at least 4 members (excludes halogenated alkanes) is 2. The van der Waals surface area contributed by atoms with Gasteiger partial charge in [-0.25, -0.2) is 8.42 Å². The molecule has 7 nitrogen and oxygen atoms in total. The van der Waals surface area contributed by atoms with E-state index in [9.17, 15) is 18.3 Å². The number of anilines is 2. The third-order valence-electron chi connectivity index (χ3n) is 10.2. The Morgan fingerprint density at radius 2 is 1.68 bits per heavy atom. The molecule has 1 aliphatic heterocycles. The minimum Gasteiger partial charge on any atom is -0.392 e. The molecule has 3 atom stereocenters. The molecule has 0 saturated carbocycles. The number of carbonyl (C=O) groups excluding carboxylic acids is 1. The SMILES string of the molecule is C.CCCC[C@]1(CC)CS(=O)(=O)c2ccc(N(C)C)cc2[C@@H](c2cccc(NC(=O)CCCC[N+](CC)(CC)CC)c2)[C@H]1O. The van der Waals surface area contributed by atoms with Crippen molar-refractivity contribution in [2.24, 2.45) is 5.41 Å². The Bertz CT molecular complexity index is 1310. The highest BCUT2D eigenvalue weighted by Crippen LogP contribution is 2.49. The van der Waals surface area contributed by atoms with Gasteiger partial charge in [0.05, 0.1) is 42.9 Å². The van der Waals surface area contributed by atoms with Gasteiger partial charge >= 0.3 is 0 Å². The maximum absolute atomic E-state index is 13.9. The number of fused-ring (bicyclic) bond motifs is 1. The highest BCUT2D eigenvalue weighted by atomic mass is 32.2. The number of benzene rings is 2. The van der Waals surface area contributed by atoms with Crippen LogP contribution in [0.2, 0.25) is 0 Å². The first-order chi connectivity index (χ1) is 20.4. The van der Waals surface area contributed by atoms with Gasteiger partial charge in [0, 0.05) is 43.2 Å². The quantitative estimate of drug-likeness (QED) is 0.160. The molecule has 2 N–H and O–H groups in total. The predicted molar refractivity (Wildman–Crippen MR) is 185 cm³/mol. The molecule has 0 aliphatic carbocycles. The number of aliphatic hydroxyl groups excluding tert-OH is 1. The summed E-state index contributed by atoms with van der Waals surface area (Å²) in [7, 11) is 0.204. The van der Waals surface area contributed by atoms with Crippen molar-refractivity contribution in [1.82, 2.24) is 0 Å². The lowest BCUT2D eigenvalue weighted by molar-refractivity contribution is -0.923. The molecule has 3 rings (SSSR count). The Hall–Kier alpha value is -2.42. The van der Waals surface area contributed by atoms with Crippen LogP contribution in [0.15, 0.2) is 47.4 Å². The average molecular weight is 631 g/mol. The molecule has 2 aromatic rings. The summed E-state index contributed by atoms with van der Waals surface area (Å²) in [6, 6.07) is 13.1. The van der Waals surface area contributed by atoms with E-state index >= 15 is 0 Å². The highest BCUT2D eigenvalue weighted by Gasteiger charge is 2.49. The summed E-state index contributed by atoms with van der Waals surface area (Å²) in [5.74, 6) is -0.652. The largest absolute Gasteiger partial charge is 0.392 e. The van der Waals surface area contributed by atoms with Crippen molar-refractivity contribution < 1.29 is 22.8 Å². The van der Waals surface area contributed by atoms with E-state index in [2.05, 4.69) is 33.0 Å². The molecule has 44 heavy (non-hydrogen) atoms. The lowest BCUT2D eigenvalue weighted by atomic mass is 9.69. The molecule has 1 amide bonds. The molecule has 248 valence electrons. The van der Waals surface area contributed by atoms with Crippen molar-refractivity contribution in [3.63, 3.8) is 0 Å². The minimum absolute atomic E-state index is 0. The Balaban J connectivity index is 0.00000675. The minimum atomic E-state index is -3.65. The molecule has 0 fully saturated rings. The molecule has 2 aromatic carbocycles. The van der Waals surface area contributed by atoms with Crippen molar-refractivity contribution >= 4 is 27.1 Å². The van der Waals surface area contributed by atoms with Crippen molar-refractivity contribution in [2.75, 3.05) is 56.2 Å². The van der Waals surface area contributed by atoms with Crippen molar-refractivity contribution in [3.8, 4) is 0 Å². The lowest BCUT2D eigenvalue weighted by Crippen LogP contribution is -2.48. The summed E-state index contributed by atoms with van der Waals surface area (Å²) < 4.78 is 28.9. The third-order valence-corrected chi connectivity index (χ3v) is 12.2. The summed E-state index contributed by atoms with van der Waals surface area (Å²) in [6.07, 6.45) is 4.35. The van der Waals surface area contributed by atoms with Crippen molar-refractivity contribution in [2.45, 2.75) is 104 Å². The Morgan fingerprint density at radius 1 is 1.00 bits per heavy atom. The van der Waals surface area contributed by atoms with Crippen LogP contribution in [0.3, 0.4) is 0 Å². The van der Waals surface area contributed by atoms with E-state index in [4.69, 9.17) is 0 Å². The van der Waals surface area contributed by atoms with Gasteiger partial charge in [0.15, 0.2) is 9.84 Å². The fraction of sp³-hybridized carbons (Fsp3) is 0.639. The number of aliphatic hydroxyl groups is 1. The maximum atomic E-state index is 13.9. The number of amides is 1. The number of sulfone groups is 1. The number of nitrogens with one attached hydrogen (secondary N) is 1. The zero-order chi connectivity index (χ0) is 31.8. The molecular weight excluding hydrogens is 570 g/mol. The van der Waals surface area contributed by atoms with Crippen LogP contribution in [-0.4, -0.2) is 76.0 Å². The van der Waals surface area contributed by atoms with Crippen LogP contribution in [0.1, 0.15) is 104 Å². The first kappa shape index (κ1) is 37.8. The van der Waals surface area contributed by atoms with Crippen LogP contribution in [0.4, 0.5) is 11.4 Å². The first-order valence-electron chi connectivity index (χ1n) is 16.4. The van der Waals surface area contributed by atoms with Gasteiger partial charge in [-0.1, -0.05) is 46.2 Å². The maximum Gasteiger partial charge on any atom is 0.224 e. The van der Waals surface area contributed by atoms with Crippen molar-refractivity contribution in [1.29, 1.82) is 0 Å².